The van der Waals surface area contributed by atoms with E-state index >= 15 is 0 Å². The fraction of sp³-hybridized carbons (Fsp3) is 0.136. The summed E-state index contributed by atoms with van der Waals surface area (Å²) in [5.74, 6) is -0.390. The molecule has 0 aromatic heterocycles. The number of nitrogens with one attached hydrogen (secondary N) is 1. The van der Waals surface area contributed by atoms with Crippen molar-refractivity contribution >= 4 is 33.4 Å². The van der Waals surface area contributed by atoms with Crippen LogP contribution in [0.5, 0.6) is 0 Å². The van der Waals surface area contributed by atoms with Crippen LogP contribution in [0.1, 0.15) is 5.56 Å². The lowest BCUT2D eigenvalue weighted by atomic mass is 10.2. The Bertz CT molecular complexity index is 1060. The monoisotopic (exact) mass is 426 g/mol. The van der Waals surface area contributed by atoms with Gasteiger partial charge in [-0.3, -0.25) is 4.79 Å². The molecule has 1 amide bonds. The first-order valence-corrected chi connectivity index (χ1v) is 11.7. The summed E-state index contributed by atoms with van der Waals surface area (Å²) in [5.41, 5.74) is 1.45. The number of amides is 1. The van der Waals surface area contributed by atoms with Crippen molar-refractivity contribution in [3.63, 3.8) is 0 Å². The standard InChI is InChI=1S/C22H22N2O3S2/c1-28-20-12-8-11-19(15-20)23-22(25)17-24(16-18-9-4-2-5-10-18)29(26,27)21-13-6-3-7-14-21/h2-15H,16-17H2,1H3,(H,23,25). The highest BCUT2D eigenvalue weighted by Crippen LogP contribution is 2.21. The molecule has 0 aliphatic heterocycles. The van der Waals surface area contributed by atoms with E-state index in [4.69, 9.17) is 0 Å². The minimum absolute atomic E-state index is 0.107. The molecule has 0 aliphatic carbocycles. The highest BCUT2D eigenvalue weighted by atomic mass is 32.2. The Morgan fingerprint density at radius 3 is 2.24 bits per heavy atom. The topological polar surface area (TPSA) is 66.5 Å². The van der Waals surface area contributed by atoms with Crippen LogP contribution in [-0.2, 0) is 21.4 Å². The zero-order valence-electron chi connectivity index (χ0n) is 16.0. The van der Waals surface area contributed by atoms with E-state index < -0.39 is 15.9 Å². The van der Waals surface area contributed by atoms with Crippen molar-refractivity contribution in [1.29, 1.82) is 0 Å². The molecule has 0 saturated heterocycles. The highest BCUT2D eigenvalue weighted by molar-refractivity contribution is 7.98. The normalized spacial score (nSPS) is 11.4. The van der Waals surface area contributed by atoms with Gasteiger partial charge in [-0.1, -0.05) is 54.6 Å². The summed E-state index contributed by atoms with van der Waals surface area (Å²) in [6.45, 7) is -0.175. The lowest BCUT2D eigenvalue weighted by molar-refractivity contribution is -0.116. The molecule has 7 heteroatoms. The second kappa shape index (κ2) is 9.73. The molecule has 0 aliphatic rings. The quantitative estimate of drug-likeness (QED) is 0.547. The largest absolute Gasteiger partial charge is 0.325 e. The molecule has 0 atom stereocenters. The van der Waals surface area contributed by atoms with Gasteiger partial charge in [0.25, 0.3) is 0 Å². The third-order valence-electron chi connectivity index (χ3n) is 4.26. The molecule has 5 nitrogen and oxygen atoms in total. The SMILES string of the molecule is CSc1cccc(NC(=O)CN(Cc2ccccc2)S(=O)(=O)c2ccccc2)c1. The molecule has 0 fully saturated rings. The van der Waals surface area contributed by atoms with Crippen LogP contribution in [0.15, 0.2) is 94.7 Å². The van der Waals surface area contributed by atoms with Gasteiger partial charge < -0.3 is 5.32 Å². The lowest BCUT2D eigenvalue weighted by Crippen LogP contribution is -2.37. The number of carbonyl (C=O) groups excluding carboxylic acids is 1. The van der Waals surface area contributed by atoms with Gasteiger partial charge in [0.1, 0.15) is 0 Å². The molecule has 0 spiro atoms. The maximum atomic E-state index is 13.2. The Balaban J connectivity index is 1.83. The van der Waals surface area contributed by atoms with Gasteiger partial charge in [0, 0.05) is 17.1 Å². The van der Waals surface area contributed by atoms with Crippen molar-refractivity contribution in [2.75, 3.05) is 18.1 Å². The van der Waals surface area contributed by atoms with Gasteiger partial charge in [-0.25, -0.2) is 8.42 Å². The summed E-state index contributed by atoms with van der Waals surface area (Å²) < 4.78 is 27.5. The van der Waals surface area contributed by atoms with Crippen molar-refractivity contribution in [3.8, 4) is 0 Å². The van der Waals surface area contributed by atoms with E-state index in [9.17, 15) is 13.2 Å². The number of rotatable bonds is 8. The molecule has 0 radical (unpaired) electrons. The Morgan fingerprint density at radius 2 is 1.59 bits per heavy atom. The fourth-order valence-electron chi connectivity index (χ4n) is 2.82. The van der Waals surface area contributed by atoms with Gasteiger partial charge in [-0.15, -0.1) is 11.8 Å². The molecule has 3 aromatic rings. The molecule has 0 unspecified atom stereocenters. The van der Waals surface area contributed by atoms with Gasteiger partial charge in [0.15, 0.2) is 0 Å². The number of hydrogen-bond donors (Lipinski definition) is 1. The second-order valence-corrected chi connectivity index (χ2v) is 9.17. The molecule has 0 bridgehead atoms. The Hall–Kier alpha value is -2.61. The van der Waals surface area contributed by atoms with Crippen LogP contribution in [0.3, 0.4) is 0 Å². The van der Waals surface area contributed by atoms with E-state index in [0.29, 0.717) is 5.69 Å². The van der Waals surface area contributed by atoms with Crippen molar-refractivity contribution in [3.05, 3.63) is 90.5 Å². The first-order valence-electron chi connectivity index (χ1n) is 9.02. The average molecular weight is 427 g/mol. The number of benzene rings is 3. The molecule has 0 heterocycles. The van der Waals surface area contributed by atoms with Crippen LogP contribution in [0.25, 0.3) is 0 Å². The predicted octanol–water partition coefficient (Wildman–Crippen LogP) is 4.24. The summed E-state index contributed by atoms with van der Waals surface area (Å²) in [6.07, 6.45) is 1.95. The first kappa shape index (κ1) is 21.1. The fourth-order valence-corrected chi connectivity index (χ4v) is 4.68. The number of thioether (sulfide) groups is 1. The Morgan fingerprint density at radius 1 is 0.931 bits per heavy atom. The molecule has 29 heavy (non-hydrogen) atoms. The molecular weight excluding hydrogens is 404 g/mol. The van der Waals surface area contributed by atoms with Crippen molar-refractivity contribution in [1.82, 2.24) is 4.31 Å². The van der Waals surface area contributed by atoms with Crippen LogP contribution in [0.4, 0.5) is 5.69 Å². The number of carbonyl (C=O) groups is 1. The lowest BCUT2D eigenvalue weighted by Gasteiger charge is -2.22. The second-order valence-electron chi connectivity index (χ2n) is 6.35. The van der Waals surface area contributed by atoms with E-state index in [1.807, 2.05) is 54.8 Å². The molecule has 1 N–H and O–H groups in total. The highest BCUT2D eigenvalue weighted by Gasteiger charge is 2.26. The number of anilines is 1. The van der Waals surface area contributed by atoms with E-state index in [-0.39, 0.29) is 18.0 Å². The minimum Gasteiger partial charge on any atom is -0.325 e. The minimum atomic E-state index is -3.83. The van der Waals surface area contributed by atoms with Crippen LogP contribution in [0, 0.1) is 0 Å². The Kier molecular flexibility index (Phi) is 7.09. The van der Waals surface area contributed by atoms with Crippen molar-refractivity contribution in [2.24, 2.45) is 0 Å². The first-order chi connectivity index (χ1) is 14.0. The van der Waals surface area contributed by atoms with Gasteiger partial charge in [-0.2, -0.15) is 4.31 Å². The smallest absolute Gasteiger partial charge is 0.243 e. The number of sulfonamides is 1. The van der Waals surface area contributed by atoms with Crippen LogP contribution in [0.2, 0.25) is 0 Å². The number of nitrogens with zero attached hydrogens (tertiary/aromatic N) is 1. The molecule has 3 aromatic carbocycles. The third kappa shape index (κ3) is 5.69. The summed E-state index contributed by atoms with van der Waals surface area (Å²) in [7, 11) is -3.83. The van der Waals surface area contributed by atoms with E-state index in [1.54, 1.807) is 36.0 Å². The molecule has 3 rings (SSSR count). The summed E-state index contributed by atoms with van der Waals surface area (Å²) in [6, 6.07) is 24.8. The third-order valence-corrected chi connectivity index (χ3v) is 6.79. The number of hydrogen-bond acceptors (Lipinski definition) is 4. The van der Waals surface area contributed by atoms with Gasteiger partial charge >= 0.3 is 0 Å². The van der Waals surface area contributed by atoms with Gasteiger partial charge in [0.05, 0.1) is 11.4 Å². The maximum Gasteiger partial charge on any atom is 0.243 e. The maximum absolute atomic E-state index is 13.2. The van der Waals surface area contributed by atoms with Crippen LogP contribution < -0.4 is 5.32 Å². The molecular formula is C22H22N2O3S2. The molecule has 0 saturated carbocycles. The summed E-state index contributed by atoms with van der Waals surface area (Å²) in [4.78, 5) is 13.8. The predicted molar refractivity (Wildman–Crippen MR) is 117 cm³/mol. The summed E-state index contributed by atoms with van der Waals surface area (Å²) in [5, 5.41) is 2.80. The van der Waals surface area contributed by atoms with Crippen molar-refractivity contribution < 1.29 is 13.2 Å². The summed E-state index contributed by atoms with van der Waals surface area (Å²) >= 11 is 1.57. The van der Waals surface area contributed by atoms with Gasteiger partial charge in [-0.05, 0) is 42.2 Å². The van der Waals surface area contributed by atoms with Crippen LogP contribution in [-0.4, -0.2) is 31.4 Å². The zero-order chi connectivity index (χ0) is 20.7. The van der Waals surface area contributed by atoms with Crippen molar-refractivity contribution in [2.45, 2.75) is 16.3 Å². The Labute approximate surface area is 175 Å². The molecule has 150 valence electrons. The average Bonchev–Trinajstić information content (AvgIpc) is 2.74. The van der Waals surface area contributed by atoms with Crippen LogP contribution >= 0.6 is 11.8 Å². The van der Waals surface area contributed by atoms with E-state index in [0.717, 1.165) is 10.5 Å². The van der Waals surface area contributed by atoms with E-state index in [1.165, 1.54) is 16.4 Å². The van der Waals surface area contributed by atoms with Gasteiger partial charge in [0.2, 0.25) is 15.9 Å². The zero-order valence-corrected chi connectivity index (χ0v) is 17.6. The van der Waals surface area contributed by atoms with E-state index in [2.05, 4.69) is 5.32 Å².